The maximum Gasteiger partial charge on any atom is 0.212 e. The molecule has 5 rings (SSSR count). The van der Waals surface area contributed by atoms with Gasteiger partial charge in [0.25, 0.3) is 0 Å². The third-order valence-corrected chi connectivity index (χ3v) is 8.49. The number of pyridine rings is 1. The maximum atomic E-state index is 13.1. The van der Waals surface area contributed by atoms with Gasteiger partial charge < -0.3 is 0 Å². The van der Waals surface area contributed by atoms with Crippen molar-refractivity contribution in [3.63, 3.8) is 0 Å². The molecule has 0 amide bonds. The molecule has 27 heavy (non-hydrogen) atoms. The van der Waals surface area contributed by atoms with Crippen LogP contribution in [0.4, 0.5) is 4.39 Å². The fourth-order valence-electron chi connectivity index (χ4n) is 4.22. The first kappa shape index (κ1) is 17.0. The molecule has 2 atom stereocenters. The van der Waals surface area contributed by atoms with Gasteiger partial charge in [-0.05, 0) is 57.8 Å². The minimum atomic E-state index is -3.32. The number of rotatable bonds is 3. The molecule has 0 spiro atoms. The van der Waals surface area contributed by atoms with E-state index in [9.17, 15) is 12.8 Å². The predicted molar refractivity (Wildman–Crippen MR) is 103 cm³/mol. The third-order valence-electron chi connectivity index (χ3n) is 5.50. The number of nitrogens with zero attached hydrogens (tertiary/aromatic N) is 2. The third kappa shape index (κ3) is 2.81. The molecule has 0 saturated carbocycles. The van der Waals surface area contributed by atoms with Crippen molar-refractivity contribution < 1.29 is 12.8 Å². The maximum absolute atomic E-state index is 13.1. The number of sulfone groups is 1. The summed E-state index contributed by atoms with van der Waals surface area (Å²) in [5, 5.41) is 3.77. The number of likely N-dealkylation sites (tertiary alicyclic amines) is 1. The molecule has 0 radical (unpaired) electrons. The van der Waals surface area contributed by atoms with Crippen LogP contribution in [0.1, 0.15) is 17.0 Å². The van der Waals surface area contributed by atoms with Gasteiger partial charge in [-0.1, -0.05) is 6.07 Å². The molecule has 1 saturated heterocycles. The first-order valence-corrected chi connectivity index (χ1v) is 11.2. The molecule has 0 bridgehead atoms. The van der Waals surface area contributed by atoms with Gasteiger partial charge in [-0.3, -0.25) is 4.90 Å². The van der Waals surface area contributed by atoms with Crippen molar-refractivity contribution in [3.05, 3.63) is 70.4 Å². The molecule has 4 heterocycles. The summed E-state index contributed by atoms with van der Waals surface area (Å²) in [6, 6.07) is 10.5. The minimum absolute atomic E-state index is 0.0167. The lowest BCUT2D eigenvalue weighted by Crippen LogP contribution is -2.25. The van der Waals surface area contributed by atoms with E-state index >= 15 is 0 Å². The zero-order valence-electron chi connectivity index (χ0n) is 14.4. The summed E-state index contributed by atoms with van der Waals surface area (Å²) in [5.41, 5.74) is 3.76. The largest absolute Gasteiger partial charge is 0.297 e. The average molecular weight is 401 g/mol. The molecule has 7 heteroatoms. The number of hydrogen-bond donors (Lipinski definition) is 0. The Morgan fingerprint density at radius 2 is 2.00 bits per heavy atom. The average Bonchev–Trinajstić information content (AvgIpc) is 3.35. The van der Waals surface area contributed by atoms with E-state index in [1.807, 2.05) is 11.4 Å². The fourth-order valence-corrected chi connectivity index (χ4v) is 7.08. The second-order valence-electron chi connectivity index (χ2n) is 7.14. The van der Waals surface area contributed by atoms with Crippen LogP contribution in [0.2, 0.25) is 0 Å². The van der Waals surface area contributed by atoms with Crippen LogP contribution in [0, 0.1) is 5.95 Å². The Labute approximate surface area is 161 Å². The lowest BCUT2D eigenvalue weighted by atomic mass is 9.95. The number of thiophene rings is 1. The highest BCUT2D eigenvalue weighted by Crippen LogP contribution is 2.46. The fraction of sp³-hybridized carbons (Fsp3) is 0.250. The Bertz CT molecular complexity index is 1100. The van der Waals surface area contributed by atoms with E-state index < -0.39 is 15.8 Å². The number of aromatic nitrogens is 1. The smallest absolute Gasteiger partial charge is 0.212 e. The number of fused-ring (bicyclic) bond motifs is 3. The predicted octanol–water partition coefficient (Wildman–Crippen LogP) is 3.70. The van der Waals surface area contributed by atoms with Crippen LogP contribution >= 0.6 is 11.3 Å². The zero-order chi connectivity index (χ0) is 18.6. The van der Waals surface area contributed by atoms with Crippen molar-refractivity contribution in [3.8, 4) is 11.1 Å². The van der Waals surface area contributed by atoms with Crippen LogP contribution in [0.3, 0.4) is 0 Å². The monoisotopic (exact) mass is 400 g/mol. The summed E-state index contributed by atoms with van der Waals surface area (Å²) < 4.78 is 39.1. The van der Waals surface area contributed by atoms with Gasteiger partial charge in [0.15, 0.2) is 9.84 Å². The van der Waals surface area contributed by atoms with Crippen LogP contribution in [0.15, 0.2) is 58.3 Å². The second kappa shape index (κ2) is 6.22. The molecule has 0 N–H and O–H groups in total. The Kier molecular flexibility index (Phi) is 3.93. The van der Waals surface area contributed by atoms with Gasteiger partial charge >= 0.3 is 0 Å². The van der Waals surface area contributed by atoms with Crippen molar-refractivity contribution >= 4 is 21.2 Å². The van der Waals surface area contributed by atoms with E-state index in [1.54, 1.807) is 29.5 Å². The normalized spacial score (nSPS) is 23.3. The highest BCUT2D eigenvalue weighted by molar-refractivity contribution is 7.92. The lowest BCUT2D eigenvalue weighted by molar-refractivity contribution is 0.326. The molecular formula is C20H17FN2O2S2. The van der Waals surface area contributed by atoms with Crippen molar-refractivity contribution in [2.75, 3.05) is 13.1 Å². The summed E-state index contributed by atoms with van der Waals surface area (Å²) in [6.45, 7) is 2.08. The summed E-state index contributed by atoms with van der Waals surface area (Å²) in [4.78, 5) is 6.38. The van der Waals surface area contributed by atoms with E-state index in [1.165, 1.54) is 17.8 Å². The zero-order valence-corrected chi connectivity index (χ0v) is 16.0. The van der Waals surface area contributed by atoms with Gasteiger partial charge in [-0.25, -0.2) is 13.4 Å². The standard InChI is InChI=1S/C20H17FN2O2S2/c21-20-4-2-15(8-22-20)14-1-3-18-16(7-14)17-10-23(9-13-5-6-26-12-13)11-19(17)27(18,24)25/h1-8,12,17,19H,9-11H2/t17-,19-/m0/s1. The van der Waals surface area contributed by atoms with Gasteiger partial charge in [0.1, 0.15) is 0 Å². The van der Waals surface area contributed by atoms with E-state index in [0.717, 1.165) is 29.8 Å². The van der Waals surface area contributed by atoms with E-state index in [2.05, 4.69) is 21.3 Å². The Hall–Kier alpha value is -2.09. The van der Waals surface area contributed by atoms with E-state index in [0.29, 0.717) is 11.4 Å². The molecule has 1 aromatic carbocycles. The van der Waals surface area contributed by atoms with Crippen LogP contribution in [-0.2, 0) is 16.4 Å². The second-order valence-corrected chi connectivity index (χ2v) is 10.1. The molecule has 2 aliphatic rings. The van der Waals surface area contributed by atoms with E-state index in [-0.39, 0.29) is 11.2 Å². The quantitative estimate of drug-likeness (QED) is 0.629. The SMILES string of the molecule is O=S1(=O)c2ccc(-c3ccc(F)nc3)cc2[C@@H]2CN(Cc3ccsc3)C[C@@H]21. The first-order chi connectivity index (χ1) is 13.0. The molecule has 2 aromatic heterocycles. The highest BCUT2D eigenvalue weighted by atomic mass is 32.2. The van der Waals surface area contributed by atoms with Crippen LogP contribution in [0.25, 0.3) is 11.1 Å². The van der Waals surface area contributed by atoms with Gasteiger partial charge in [-0.2, -0.15) is 15.7 Å². The summed E-state index contributed by atoms with van der Waals surface area (Å²) >= 11 is 1.66. The van der Waals surface area contributed by atoms with Crippen LogP contribution < -0.4 is 0 Å². The molecule has 1 fully saturated rings. The summed E-state index contributed by atoms with van der Waals surface area (Å²) in [5.74, 6) is -0.542. The molecule has 138 valence electrons. The molecule has 0 aliphatic carbocycles. The first-order valence-electron chi connectivity index (χ1n) is 8.75. The van der Waals surface area contributed by atoms with Crippen molar-refractivity contribution in [2.24, 2.45) is 0 Å². The van der Waals surface area contributed by atoms with Crippen LogP contribution in [0.5, 0.6) is 0 Å². The lowest BCUT2D eigenvalue weighted by Gasteiger charge is -2.16. The van der Waals surface area contributed by atoms with Crippen molar-refractivity contribution in [1.29, 1.82) is 0 Å². The van der Waals surface area contributed by atoms with Gasteiger partial charge in [0.2, 0.25) is 5.95 Å². The molecule has 3 aromatic rings. The molecular weight excluding hydrogens is 383 g/mol. The summed E-state index contributed by atoms with van der Waals surface area (Å²) in [7, 11) is -3.32. The van der Waals surface area contributed by atoms with Crippen LogP contribution in [-0.4, -0.2) is 36.6 Å². The van der Waals surface area contributed by atoms with E-state index in [4.69, 9.17) is 0 Å². The van der Waals surface area contributed by atoms with Gasteiger partial charge in [-0.15, -0.1) is 0 Å². The summed E-state index contributed by atoms with van der Waals surface area (Å²) in [6.07, 6.45) is 1.48. The highest BCUT2D eigenvalue weighted by Gasteiger charge is 2.50. The van der Waals surface area contributed by atoms with Crippen molar-refractivity contribution in [2.45, 2.75) is 22.6 Å². The van der Waals surface area contributed by atoms with Gasteiger partial charge in [0, 0.05) is 37.3 Å². The number of halogens is 1. The number of benzene rings is 1. The molecule has 2 aliphatic heterocycles. The topological polar surface area (TPSA) is 50.3 Å². The van der Waals surface area contributed by atoms with Crippen molar-refractivity contribution in [1.82, 2.24) is 9.88 Å². The van der Waals surface area contributed by atoms with Gasteiger partial charge in [0.05, 0.1) is 10.1 Å². The number of hydrogen-bond acceptors (Lipinski definition) is 5. The Morgan fingerprint density at radius 3 is 2.74 bits per heavy atom. The Balaban J connectivity index is 1.50. The molecule has 0 unspecified atom stereocenters. The Morgan fingerprint density at radius 1 is 1.15 bits per heavy atom. The minimum Gasteiger partial charge on any atom is -0.297 e. The molecule has 4 nitrogen and oxygen atoms in total.